The number of nitrogens with one attached hydrogen (secondary N) is 2. The molecule has 5 aliphatic rings. The molecule has 1 aromatic carbocycles. The number of halogens is 1. The van der Waals surface area contributed by atoms with Gasteiger partial charge in [-0.1, -0.05) is 82.3 Å². The number of hydrogen-bond donors (Lipinski definition) is 2. The quantitative estimate of drug-likeness (QED) is 0.284. The van der Waals surface area contributed by atoms with Crippen molar-refractivity contribution in [1.82, 2.24) is 20.4 Å². The van der Waals surface area contributed by atoms with E-state index in [0.29, 0.717) is 56.3 Å². The molecule has 0 aromatic heterocycles. The third kappa shape index (κ3) is 9.45. The largest absolute Gasteiger partial charge is 0.387 e. The minimum absolute atomic E-state index is 0.00523. The molecule has 5 atom stereocenters. The summed E-state index contributed by atoms with van der Waals surface area (Å²) in [6.07, 6.45) is 7.54. The molecule has 13 nitrogen and oxygen atoms in total. The minimum Gasteiger partial charge on any atom is -0.387 e. The standard InChI is InChI=1S/C40H56ClN5O8/c1-5-10-30(34(48)37(50)45-21-29(22-45)53-28-15-16-52-23-28)42-36(49)32-20-40(19-31(44-54-40)26-13-9-14-27(41)18-26)24-46(32)38(51)35(39(2,3)4)43-33(47)17-25-11-7-6-8-12-25/h9,13-14,18,25,28-30,32,35H,5-8,10-12,15-17,19-24H2,1-4H3,(H,42,49)(H,43,47)/t28?,30-,32-,35+,40+/m0/s1. The molecular formula is C40H56ClN5O8. The summed E-state index contributed by atoms with van der Waals surface area (Å²) in [6.45, 7) is 9.35. The summed E-state index contributed by atoms with van der Waals surface area (Å²) in [5, 5.41) is 10.8. The molecular weight excluding hydrogens is 714 g/mol. The van der Waals surface area contributed by atoms with Crippen molar-refractivity contribution in [3.63, 3.8) is 0 Å². The maximum Gasteiger partial charge on any atom is 0.292 e. The van der Waals surface area contributed by atoms with Gasteiger partial charge in [-0.05, 0) is 49.1 Å². The molecule has 14 heteroatoms. The van der Waals surface area contributed by atoms with E-state index in [4.69, 9.17) is 25.9 Å². The Morgan fingerprint density at radius 2 is 1.81 bits per heavy atom. The first kappa shape index (κ1) is 40.1. The zero-order valence-electron chi connectivity index (χ0n) is 32.1. The van der Waals surface area contributed by atoms with Crippen LogP contribution in [-0.4, -0.2) is 114 Å². The van der Waals surface area contributed by atoms with Crippen LogP contribution in [0.1, 0.15) is 104 Å². The normalized spacial score (nSPS) is 25.8. The lowest BCUT2D eigenvalue weighted by Gasteiger charge is -2.40. The van der Waals surface area contributed by atoms with Crippen molar-refractivity contribution < 1.29 is 38.3 Å². The zero-order valence-corrected chi connectivity index (χ0v) is 32.8. The molecule has 3 saturated heterocycles. The van der Waals surface area contributed by atoms with E-state index in [9.17, 15) is 24.0 Å². The van der Waals surface area contributed by atoms with Crippen LogP contribution in [0, 0.1) is 11.3 Å². The number of nitrogens with zero attached hydrogens (tertiary/aromatic N) is 3. The van der Waals surface area contributed by atoms with E-state index >= 15 is 0 Å². The van der Waals surface area contributed by atoms with Crippen LogP contribution in [0.4, 0.5) is 0 Å². The van der Waals surface area contributed by atoms with E-state index in [1.165, 1.54) is 16.2 Å². The molecule has 1 saturated carbocycles. The van der Waals surface area contributed by atoms with Crippen molar-refractivity contribution in [2.24, 2.45) is 16.5 Å². The number of carbonyl (C=O) groups excluding carboxylic acids is 5. The van der Waals surface area contributed by atoms with E-state index in [1.807, 2.05) is 39.8 Å². The van der Waals surface area contributed by atoms with Gasteiger partial charge in [0.25, 0.3) is 5.91 Å². The summed E-state index contributed by atoms with van der Waals surface area (Å²) < 4.78 is 11.4. The Labute approximate surface area is 323 Å². The molecule has 1 spiro atoms. The number of oxime groups is 1. The molecule has 6 rings (SSSR count). The highest BCUT2D eigenvalue weighted by molar-refractivity contribution is 6.38. The maximum absolute atomic E-state index is 14.7. The van der Waals surface area contributed by atoms with Crippen molar-refractivity contribution in [3.8, 4) is 0 Å². The first-order valence-electron chi connectivity index (χ1n) is 19.7. The molecule has 1 unspecified atom stereocenters. The third-order valence-electron chi connectivity index (χ3n) is 11.4. The Kier molecular flexibility index (Phi) is 12.7. The summed E-state index contributed by atoms with van der Waals surface area (Å²) in [4.78, 5) is 78.5. The minimum atomic E-state index is -1.08. The number of ether oxygens (including phenoxy) is 2. The highest BCUT2D eigenvalue weighted by atomic mass is 35.5. The summed E-state index contributed by atoms with van der Waals surface area (Å²) in [6, 6.07) is 4.19. The number of carbonyl (C=O) groups is 5. The number of amides is 4. The molecule has 4 fully saturated rings. The van der Waals surface area contributed by atoms with E-state index in [1.54, 1.807) is 12.1 Å². The van der Waals surface area contributed by atoms with Gasteiger partial charge in [0.2, 0.25) is 23.5 Å². The smallest absolute Gasteiger partial charge is 0.292 e. The molecule has 4 heterocycles. The van der Waals surface area contributed by atoms with Gasteiger partial charge in [0.05, 0.1) is 37.1 Å². The SMILES string of the molecule is CCC[C@H](NC(=O)[C@@H]1C[C@]2(CC(c3cccc(Cl)c3)=NO2)CN1C(=O)[C@@H](NC(=O)CC1CCCCC1)C(C)(C)C)C(=O)C(=O)N1CC(OC2CCOC2)C1. The van der Waals surface area contributed by atoms with Gasteiger partial charge < -0.3 is 34.7 Å². The lowest BCUT2D eigenvalue weighted by molar-refractivity contribution is -0.158. The molecule has 0 radical (unpaired) electrons. The first-order valence-corrected chi connectivity index (χ1v) is 20.1. The second-order valence-corrected chi connectivity index (χ2v) is 17.4. The zero-order chi connectivity index (χ0) is 38.6. The monoisotopic (exact) mass is 769 g/mol. The maximum atomic E-state index is 14.7. The summed E-state index contributed by atoms with van der Waals surface area (Å²) in [5.74, 6) is -2.25. The summed E-state index contributed by atoms with van der Waals surface area (Å²) in [5.41, 5.74) is -0.303. The van der Waals surface area contributed by atoms with E-state index < -0.39 is 52.6 Å². The predicted molar refractivity (Wildman–Crippen MR) is 202 cm³/mol. The van der Waals surface area contributed by atoms with Crippen molar-refractivity contribution in [1.29, 1.82) is 0 Å². The van der Waals surface area contributed by atoms with Crippen LogP contribution in [-0.2, 0) is 38.3 Å². The molecule has 1 aromatic rings. The Balaban J connectivity index is 1.18. The van der Waals surface area contributed by atoms with Crippen LogP contribution in [0.3, 0.4) is 0 Å². The Morgan fingerprint density at radius 1 is 1.06 bits per heavy atom. The van der Waals surface area contributed by atoms with Crippen LogP contribution in [0.2, 0.25) is 5.02 Å². The Bertz CT molecular complexity index is 1600. The first-order chi connectivity index (χ1) is 25.7. The van der Waals surface area contributed by atoms with Gasteiger partial charge in [0, 0.05) is 49.5 Å². The third-order valence-corrected chi connectivity index (χ3v) is 11.7. The van der Waals surface area contributed by atoms with Crippen molar-refractivity contribution >= 4 is 46.7 Å². The van der Waals surface area contributed by atoms with Crippen molar-refractivity contribution in [2.45, 2.75) is 134 Å². The number of ketones is 1. The van der Waals surface area contributed by atoms with Gasteiger partial charge in [0.1, 0.15) is 12.1 Å². The van der Waals surface area contributed by atoms with Crippen LogP contribution in [0.15, 0.2) is 29.4 Å². The number of rotatable bonds is 13. The lowest BCUT2D eigenvalue weighted by atomic mass is 9.84. The Hall–Kier alpha value is -3.55. The van der Waals surface area contributed by atoms with E-state index in [0.717, 1.165) is 37.7 Å². The van der Waals surface area contributed by atoms with Crippen LogP contribution in [0.25, 0.3) is 0 Å². The van der Waals surface area contributed by atoms with Crippen molar-refractivity contribution in [3.05, 3.63) is 34.9 Å². The fourth-order valence-corrected chi connectivity index (χ4v) is 8.54. The van der Waals surface area contributed by atoms with Gasteiger partial charge in [-0.15, -0.1) is 0 Å². The van der Waals surface area contributed by atoms with Gasteiger partial charge in [-0.2, -0.15) is 0 Å². The lowest BCUT2D eigenvalue weighted by Crippen LogP contribution is -2.61. The Morgan fingerprint density at radius 3 is 2.48 bits per heavy atom. The van der Waals surface area contributed by atoms with Crippen molar-refractivity contribution in [2.75, 3.05) is 32.8 Å². The van der Waals surface area contributed by atoms with Gasteiger partial charge in [-0.25, -0.2) is 0 Å². The topological polar surface area (TPSA) is 156 Å². The summed E-state index contributed by atoms with van der Waals surface area (Å²) >= 11 is 6.28. The van der Waals surface area contributed by atoms with Gasteiger partial charge >= 0.3 is 0 Å². The van der Waals surface area contributed by atoms with E-state index in [2.05, 4.69) is 15.8 Å². The fraction of sp³-hybridized carbons (Fsp3) is 0.700. The fourth-order valence-electron chi connectivity index (χ4n) is 8.35. The highest BCUT2D eigenvalue weighted by Crippen LogP contribution is 2.40. The predicted octanol–water partition coefficient (Wildman–Crippen LogP) is 4.18. The highest BCUT2D eigenvalue weighted by Gasteiger charge is 2.56. The molecule has 2 N–H and O–H groups in total. The van der Waals surface area contributed by atoms with Gasteiger partial charge in [-0.3, -0.25) is 24.0 Å². The van der Waals surface area contributed by atoms with Gasteiger partial charge in [0.15, 0.2) is 5.60 Å². The molecule has 0 bridgehead atoms. The van der Waals surface area contributed by atoms with E-state index in [-0.39, 0.29) is 43.4 Å². The van der Waals surface area contributed by atoms with Crippen LogP contribution >= 0.6 is 11.6 Å². The molecule has 54 heavy (non-hydrogen) atoms. The second-order valence-electron chi connectivity index (χ2n) is 16.9. The molecule has 1 aliphatic carbocycles. The number of benzene rings is 1. The number of hydrogen-bond acceptors (Lipinski definition) is 9. The van der Waals surface area contributed by atoms with Crippen LogP contribution < -0.4 is 10.6 Å². The average molecular weight is 770 g/mol. The second kappa shape index (κ2) is 17.1. The number of likely N-dealkylation sites (tertiary alicyclic amines) is 2. The molecule has 296 valence electrons. The average Bonchev–Trinajstić information content (AvgIpc) is 3.88. The summed E-state index contributed by atoms with van der Waals surface area (Å²) in [7, 11) is 0. The molecule has 4 amide bonds. The van der Waals surface area contributed by atoms with Crippen LogP contribution in [0.5, 0.6) is 0 Å². The number of Topliss-reactive ketones (excluding diaryl/α,β-unsaturated/α-hetero) is 1. The molecule has 4 aliphatic heterocycles.